The summed E-state index contributed by atoms with van der Waals surface area (Å²) in [5.41, 5.74) is 1.56. The van der Waals surface area contributed by atoms with Crippen molar-refractivity contribution in [3.8, 4) is 0 Å². The minimum absolute atomic E-state index is 0.403. The van der Waals surface area contributed by atoms with E-state index < -0.39 is 5.97 Å². The van der Waals surface area contributed by atoms with Crippen molar-refractivity contribution in [3.63, 3.8) is 0 Å². The maximum absolute atomic E-state index is 11.0. The third-order valence-electron chi connectivity index (χ3n) is 4.84. The summed E-state index contributed by atoms with van der Waals surface area (Å²) in [5.74, 6) is -0.163. The summed E-state index contributed by atoms with van der Waals surface area (Å²) < 4.78 is 0. The fourth-order valence-electron chi connectivity index (χ4n) is 3.70. The molecule has 4 nitrogen and oxygen atoms in total. The van der Waals surface area contributed by atoms with Crippen molar-refractivity contribution in [3.05, 3.63) is 35.4 Å². The van der Waals surface area contributed by atoms with Crippen LogP contribution < -0.4 is 5.32 Å². The van der Waals surface area contributed by atoms with Gasteiger partial charge in [0.2, 0.25) is 0 Å². The molecule has 2 N–H and O–H groups in total. The Morgan fingerprint density at radius 3 is 2.86 bits per heavy atom. The highest BCUT2D eigenvalue weighted by Crippen LogP contribution is 2.25. The molecule has 2 fully saturated rings. The molecule has 3 rings (SSSR count). The Balaban J connectivity index is 1.56. The van der Waals surface area contributed by atoms with E-state index in [9.17, 15) is 4.79 Å². The lowest BCUT2D eigenvalue weighted by atomic mass is 9.97. The Morgan fingerprint density at radius 2 is 2.10 bits per heavy atom. The summed E-state index contributed by atoms with van der Waals surface area (Å²) in [7, 11) is 0. The first-order valence-electron chi connectivity index (χ1n) is 7.99. The fraction of sp³-hybridized carbons (Fsp3) is 0.588. The molecule has 2 saturated heterocycles. The van der Waals surface area contributed by atoms with Crippen LogP contribution in [0.4, 0.5) is 0 Å². The molecular formula is C17H24N2O2. The first-order chi connectivity index (χ1) is 10.2. The van der Waals surface area contributed by atoms with Gasteiger partial charge in [0.1, 0.15) is 0 Å². The van der Waals surface area contributed by atoms with Crippen LogP contribution in [0.2, 0.25) is 0 Å². The molecule has 1 unspecified atom stereocenters. The van der Waals surface area contributed by atoms with Gasteiger partial charge in [-0.25, -0.2) is 4.79 Å². The number of hydrogen-bond donors (Lipinski definition) is 2. The smallest absolute Gasteiger partial charge is 0.335 e. The Hall–Kier alpha value is -1.39. The predicted octanol–water partition coefficient (Wildman–Crippen LogP) is 2.00. The van der Waals surface area contributed by atoms with Crippen LogP contribution in [-0.2, 0) is 6.42 Å². The molecule has 0 aromatic heterocycles. The molecule has 2 heterocycles. The first kappa shape index (κ1) is 14.5. The number of hydrogen-bond acceptors (Lipinski definition) is 3. The molecule has 21 heavy (non-hydrogen) atoms. The second kappa shape index (κ2) is 6.58. The summed E-state index contributed by atoms with van der Waals surface area (Å²) in [6.45, 7) is 4.66. The summed E-state index contributed by atoms with van der Waals surface area (Å²) in [5, 5.41) is 12.5. The zero-order valence-electron chi connectivity index (χ0n) is 12.4. The maximum Gasteiger partial charge on any atom is 0.335 e. The lowest BCUT2D eigenvalue weighted by molar-refractivity contribution is 0.0696. The molecule has 0 spiro atoms. The highest BCUT2D eigenvalue weighted by atomic mass is 16.4. The standard InChI is InChI=1S/C17H24N2O2/c20-17(21)15-3-1-2-13(11-15)10-14-6-9-19(12-14)16-4-7-18-8-5-16/h1-3,11,14,16,18H,4-10,12H2,(H,20,21). The van der Waals surface area contributed by atoms with Crippen LogP contribution in [0.25, 0.3) is 0 Å². The van der Waals surface area contributed by atoms with E-state index in [2.05, 4.69) is 16.3 Å². The van der Waals surface area contributed by atoms with Crippen LogP contribution in [-0.4, -0.2) is 48.2 Å². The summed E-state index contributed by atoms with van der Waals surface area (Å²) in [6, 6.07) is 8.16. The average molecular weight is 288 g/mol. The lowest BCUT2D eigenvalue weighted by Gasteiger charge is -2.31. The van der Waals surface area contributed by atoms with Crippen molar-refractivity contribution in [2.75, 3.05) is 26.2 Å². The topological polar surface area (TPSA) is 52.6 Å². The van der Waals surface area contributed by atoms with E-state index in [0.29, 0.717) is 11.5 Å². The fourth-order valence-corrected chi connectivity index (χ4v) is 3.70. The minimum atomic E-state index is -0.834. The summed E-state index contributed by atoms with van der Waals surface area (Å²) >= 11 is 0. The number of aromatic carboxylic acids is 1. The predicted molar refractivity (Wildman–Crippen MR) is 82.7 cm³/mol. The third kappa shape index (κ3) is 3.63. The third-order valence-corrected chi connectivity index (χ3v) is 4.84. The lowest BCUT2D eigenvalue weighted by Crippen LogP contribution is -2.42. The van der Waals surface area contributed by atoms with Crippen molar-refractivity contribution in [2.45, 2.75) is 31.7 Å². The number of piperidine rings is 1. The molecule has 4 heteroatoms. The number of nitrogens with zero attached hydrogens (tertiary/aromatic N) is 1. The summed E-state index contributed by atoms with van der Waals surface area (Å²) in [6.07, 6.45) is 4.77. The van der Waals surface area contributed by atoms with Gasteiger partial charge in [0.25, 0.3) is 0 Å². The molecule has 2 aliphatic heterocycles. The van der Waals surface area contributed by atoms with Gasteiger partial charge in [-0.05, 0) is 68.9 Å². The second-order valence-electron chi connectivity index (χ2n) is 6.34. The minimum Gasteiger partial charge on any atom is -0.478 e. The molecule has 0 aliphatic carbocycles. The van der Waals surface area contributed by atoms with Gasteiger partial charge in [0.15, 0.2) is 0 Å². The van der Waals surface area contributed by atoms with Crippen LogP contribution in [0.1, 0.15) is 35.2 Å². The number of carbonyl (C=O) groups is 1. The van der Waals surface area contributed by atoms with Crippen LogP contribution in [0.3, 0.4) is 0 Å². The van der Waals surface area contributed by atoms with E-state index in [1.54, 1.807) is 6.07 Å². The van der Waals surface area contributed by atoms with Gasteiger partial charge in [0.05, 0.1) is 5.56 Å². The van der Waals surface area contributed by atoms with Crippen LogP contribution in [0, 0.1) is 5.92 Å². The Kier molecular flexibility index (Phi) is 4.56. The highest BCUT2D eigenvalue weighted by Gasteiger charge is 2.29. The maximum atomic E-state index is 11.0. The molecule has 0 saturated carbocycles. The number of benzene rings is 1. The van der Waals surface area contributed by atoms with Gasteiger partial charge in [-0.3, -0.25) is 4.90 Å². The van der Waals surface area contributed by atoms with Gasteiger partial charge in [0, 0.05) is 12.6 Å². The molecule has 0 bridgehead atoms. The Bertz CT molecular complexity index is 497. The van der Waals surface area contributed by atoms with Crippen molar-refractivity contribution < 1.29 is 9.90 Å². The normalized spacial score (nSPS) is 24.3. The molecule has 114 valence electrons. The van der Waals surface area contributed by atoms with Gasteiger partial charge in [-0.1, -0.05) is 12.1 Å². The number of carboxylic acid groups (broad SMARTS) is 1. The molecule has 0 amide bonds. The molecule has 1 aromatic carbocycles. The average Bonchev–Trinajstić information content (AvgIpc) is 2.97. The van der Waals surface area contributed by atoms with E-state index in [0.717, 1.165) is 31.1 Å². The van der Waals surface area contributed by atoms with E-state index >= 15 is 0 Å². The summed E-state index contributed by atoms with van der Waals surface area (Å²) in [4.78, 5) is 13.7. The van der Waals surface area contributed by atoms with Crippen LogP contribution >= 0.6 is 0 Å². The molecule has 1 atom stereocenters. The monoisotopic (exact) mass is 288 g/mol. The largest absolute Gasteiger partial charge is 0.478 e. The SMILES string of the molecule is O=C(O)c1cccc(CC2CCN(C3CCNCC3)C2)c1. The molecule has 2 aliphatic rings. The van der Waals surface area contributed by atoms with Gasteiger partial charge < -0.3 is 10.4 Å². The molecule has 1 aromatic rings. The number of nitrogens with one attached hydrogen (secondary N) is 1. The van der Waals surface area contributed by atoms with E-state index in [4.69, 9.17) is 5.11 Å². The molecular weight excluding hydrogens is 264 g/mol. The van der Waals surface area contributed by atoms with Crippen molar-refractivity contribution in [2.24, 2.45) is 5.92 Å². The van der Waals surface area contributed by atoms with E-state index in [1.165, 1.54) is 32.4 Å². The highest BCUT2D eigenvalue weighted by molar-refractivity contribution is 5.87. The number of likely N-dealkylation sites (tertiary alicyclic amines) is 1. The van der Waals surface area contributed by atoms with E-state index in [-0.39, 0.29) is 0 Å². The van der Waals surface area contributed by atoms with Gasteiger partial charge in [-0.15, -0.1) is 0 Å². The van der Waals surface area contributed by atoms with Crippen LogP contribution in [0.5, 0.6) is 0 Å². The van der Waals surface area contributed by atoms with Gasteiger partial charge >= 0.3 is 5.97 Å². The number of rotatable bonds is 4. The quantitative estimate of drug-likeness (QED) is 0.890. The van der Waals surface area contributed by atoms with Crippen molar-refractivity contribution >= 4 is 5.97 Å². The first-order valence-corrected chi connectivity index (χ1v) is 7.99. The molecule has 0 radical (unpaired) electrons. The van der Waals surface area contributed by atoms with Crippen molar-refractivity contribution in [1.82, 2.24) is 10.2 Å². The van der Waals surface area contributed by atoms with Gasteiger partial charge in [-0.2, -0.15) is 0 Å². The van der Waals surface area contributed by atoms with Crippen LogP contribution in [0.15, 0.2) is 24.3 Å². The zero-order valence-corrected chi connectivity index (χ0v) is 12.4. The Morgan fingerprint density at radius 1 is 1.29 bits per heavy atom. The van der Waals surface area contributed by atoms with E-state index in [1.807, 2.05) is 12.1 Å². The second-order valence-corrected chi connectivity index (χ2v) is 6.34. The van der Waals surface area contributed by atoms with Crippen molar-refractivity contribution in [1.29, 1.82) is 0 Å². The number of carboxylic acids is 1. The Labute approximate surface area is 126 Å². The zero-order chi connectivity index (χ0) is 14.7.